The van der Waals surface area contributed by atoms with Crippen LogP contribution in [0.25, 0.3) is 17.4 Å². The van der Waals surface area contributed by atoms with Gasteiger partial charge in [0.2, 0.25) is 0 Å². The monoisotopic (exact) mass is 548 g/mol. The van der Waals surface area contributed by atoms with E-state index in [9.17, 15) is 19.7 Å². The minimum absolute atomic E-state index is 0.116. The summed E-state index contributed by atoms with van der Waals surface area (Å²) in [4.78, 5) is 36.1. The number of hydrogen-bond acceptors (Lipinski definition) is 6. The molecular formula is C27H18Cl2N4O5. The maximum atomic E-state index is 12.9. The number of hydrogen-bond donors (Lipinski definition) is 2. The molecule has 0 saturated carbocycles. The molecule has 3 aromatic carbocycles. The van der Waals surface area contributed by atoms with E-state index in [1.165, 1.54) is 42.6 Å². The molecule has 38 heavy (non-hydrogen) atoms. The molecule has 4 aromatic rings. The van der Waals surface area contributed by atoms with Gasteiger partial charge in [0, 0.05) is 22.7 Å². The average molecular weight is 549 g/mol. The summed E-state index contributed by atoms with van der Waals surface area (Å²) in [5.74, 6) is -0.414. The van der Waals surface area contributed by atoms with Gasteiger partial charge in [0.05, 0.1) is 21.7 Å². The molecule has 9 nitrogen and oxygen atoms in total. The number of rotatable bonds is 8. The minimum atomic E-state index is -0.746. The van der Waals surface area contributed by atoms with Crippen molar-refractivity contribution in [3.8, 4) is 11.3 Å². The van der Waals surface area contributed by atoms with Crippen molar-refractivity contribution in [2.24, 2.45) is 5.10 Å². The van der Waals surface area contributed by atoms with Crippen molar-refractivity contribution >= 4 is 53.0 Å². The zero-order valence-electron chi connectivity index (χ0n) is 19.4. The van der Waals surface area contributed by atoms with Gasteiger partial charge in [0.15, 0.2) is 0 Å². The van der Waals surface area contributed by atoms with E-state index >= 15 is 0 Å². The van der Waals surface area contributed by atoms with Crippen molar-refractivity contribution in [3.05, 3.63) is 128 Å². The molecule has 0 atom stereocenters. The van der Waals surface area contributed by atoms with E-state index in [2.05, 4.69) is 15.8 Å². The normalized spacial score (nSPS) is 11.4. The number of benzene rings is 3. The number of halogens is 2. The van der Waals surface area contributed by atoms with Gasteiger partial charge in [-0.25, -0.2) is 5.43 Å². The number of carbonyl (C=O) groups excluding carboxylic acids is 2. The van der Waals surface area contributed by atoms with Crippen LogP contribution in [0.15, 0.2) is 100 Å². The van der Waals surface area contributed by atoms with Gasteiger partial charge in [0.1, 0.15) is 17.2 Å². The molecule has 0 aliphatic heterocycles. The Labute approximate surface area is 226 Å². The van der Waals surface area contributed by atoms with Crippen molar-refractivity contribution in [3.63, 3.8) is 0 Å². The van der Waals surface area contributed by atoms with Crippen molar-refractivity contribution < 1.29 is 18.9 Å². The smallest absolute Gasteiger partial charge is 0.287 e. The quantitative estimate of drug-likeness (QED) is 0.119. The lowest BCUT2D eigenvalue weighted by atomic mass is 10.1. The average Bonchev–Trinajstić information content (AvgIpc) is 3.38. The third-order valence-corrected chi connectivity index (χ3v) is 5.72. The summed E-state index contributed by atoms with van der Waals surface area (Å²) in [5, 5.41) is 18.2. The molecule has 0 fully saturated rings. The van der Waals surface area contributed by atoms with Crippen LogP contribution >= 0.6 is 23.2 Å². The molecule has 1 aromatic heterocycles. The van der Waals surface area contributed by atoms with Crippen LogP contribution in [-0.4, -0.2) is 23.0 Å². The highest BCUT2D eigenvalue weighted by atomic mass is 35.5. The minimum Gasteiger partial charge on any atom is -0.455 e. The SMILES string of the molecule is O=C(NN=Cc1ccc(-c2ccc(Cl)cc2)o1)C(=Cc1ccc([N+](=O)[O-])cc1)NC(=O)c1ccccc1Cl. The predicted molar refractivity (Wildman–Crippen MR) is 145 cm³/mol. The summed E-state index contributed by atoms with van der Waals surface area (Å²) in [6.45, 7) is 0. The van der Waals surface area contributed by atoms with Crippen LogP contribution in [0.3, 0.4) is 0 Å². The van der Waals surface area contributed by atoms with Crippen molar-refractivity contribution in [1.29, 1.82) is 0 Å². The van der Waals surface area contributed by atoms with Crippen LogP contribution in [0.1, 0.15) is 21.7 Å². The van der Waals surface area contributed by atoms with Crippen LogP contribution in [0.5, 0.6) is 0 Å². The first-order chi connectivity index (χ1) is 18.3. The molecule has 1 heterocycles. The maximum Gasteiger partial charge on any atom is 0.287 e. The summed E-state index contributed by atoms with van der Waals surface area (Å²) in [6.07, 6.45) is 2.66. The summed E-state index contributed by atoms with van der Waals surface area (Å²) in [5.41, 5.74) is 3.46. The first kappa shape index (κ1) is 26.3. The molecular weight excluding hydrogens is 531 g/mol. The fourth-order valence-corrected chi connectivity index (χ4v) is 3.61. The Balaban J connectivity index is 1.52. The highest BCUT2D eigenvalue weighted by Crippen LogP contribution is 2.23. The van der Waals surface area contributed by atoms with Crippen LogP contribution in [-0.2, 0) is 4.79 Å². The molecule has 0 bridgehead atoms. The van der Waals surface area contributed by atoms with E-state index in [1.54, 1.807) is 54.6 Å². The number of nitrogens with zero attached hydrogens (tertiary/aromatic N) is 2. The van der Waals surface area contributed by atoms with Crippen LogP contribution in [0, 0.1) is 10.1 Å². The first-order valence-electron chi connectivity index (χ1n) is 11.0. The zero-order chi connectivity index (χ0) is 27.1. The highest BCUT2D eigenvalue weighted by molar-refractivity contribution is 6.34. The van der Waals surface area contributed by atoms with Crippen molar-refractivity contribution in [2.45, 2.75) is 0 Å². The summed E-state index contributed by atoms with van der Waals surface area (Å²) >= 11 is 12.0. The highest BCUT2D eigenvalue weighted by Gasteiger charge is 2.17. The van der Waals surface area contributed by atoms with Gasteiger partial charge in [-0.05, 0) is 72.3 Å². The number of nitrogens with one attached hydrogen (secondary N) is 2. The summed E-state index contributed by atoms with van der Waals surface area (Å²) in [7, 11) is 0. The Morgan fingerprint density at radius 1 is 0.921 bits per heavy atom. The predicted octanol–water partition coefficient (Wildman–Crippen LogP) is 6.08. The topological polar surface area (TPSA) is 127 Å². The van der Waals surface area contributed by atoms with Crippen LogP contribution in [0.2, 0.25) is 10.0 Å². The van der Waals surface area contributed by atoms with Gasteiger partial charge < -0.3 is 9.73 Å². The Kier molecular flexibility index (Phi) is 8.32. The van der Waals surface area contributed by atoms with Crippen LogP contribution < -0.4 is 10.7 Å². The largest absolute Gasteiger partial charge is 0.455 e. The second-order valence-corrected chi connectivity index (χ2v) is 8.59. The molecule has 0 spiro atoms. The van der Waals surface area contributed by atoms with E-state index in [4.69, 9.17) is 27.6 Å². The molecule has 0 saturated heterocycles. The molecule has 0 unspecified atom stereocenters. The number of non-ortho nitro benzene ring substituents is 1. The Bertz CT molecular complexity index is 1540. The standard InChI is InChI=1S/C27H18Cl2N4O5/c28-19-9-7-18(8-10-19)25-14-13-21(38-25)16-30-32-27(35)24(15-17-5-11-20(12-6-17)33(36)37)31-26(34)22-3-1-2-4-23(22)29/h1-16H,(H,31,34)(H,32,35). The van der Waals surface area contributed by atoms with E-state index in [0.29, 0.717) is 22.1 Å². The van der Waals surface area contributed by atoms with E-state index in [1.807, 2.05) is 0 Å². The number of carbonyl (C=O) groups is 2. The Hall–Kier alpha value is -4.73. The molecule has 0 aliphatic rings. The zero-order valence-corrected chi connectivity index (χ0v) is 20.9. The molecule has 190 valence electrons. The van der Waals surface area contributed by atoms with Crippen molar-refractivity contribution in [1.82, 2.24) is 10.7 Å². The maximum absolute atomic E-state index is 12.9. The molecule has 4 rings (SSSR count). The Morgan fingerprint density at radius 3 is 2.32 bits per heavy atom. The third kappa shape index (κ3) is 6.73. The lowest BCUT2D eigenvalue weighted by Gasteiger charge is -2.10. The van der Waals surface area contributed by atoms with Gasteiger partial charge in [-0.3, -0.25) is 19.7 Å². The summed E-state index contributed by atoms with van der Waals surface area (Å²) in [6, 6.07) is 22.3. The van der Waals surface area contributed by atoms with Crippen LogP contribution in [0.4, 0.5) is 5.69 Å². The lowest BCUT2D eigenvalue weighted by Crippen LogP contribution is -2.33. The van der Waals surface area contributed by atoms with Gasteiger partial charge in [-0.15, -0.1) is 0 Å². The van der Waals surface area contributed by atoms with Gasteiger partial charge in [-0.1, -0.05) is 35.3 Å². The van der Waals surface area contributed by atoms with Gasteiger partial charge in [0.25, 0.3) is 17.5 Å². The lowest BCUT2D eigenvalue weighted by molar-refractivity contribution is -0.384. The third-order valence-electron chi connectivity index (χ3n) is 5.14. The van der Waals surface area contributed by atoms with Gasteiger partial charge >= 0.3 is 0 Å². The molecule has 0 aliphatic carbocycles. The molecule has 2 amide bonds. The second-order valence-electron chi connectivity index (χ2n) is 7.75. The molecule has 0 radical (unpaired) electrons. The van der Waals surface area contributed by atoms with E-state index < -0.39 is 16.7 Å². The fraction of sp³-hybridized carbons (Fsp3) is 0. The number of hydrazone groups is 1. The fourth-order valence-electron chi connectivity index (χ4n) is 3.26. The second kappa shape index (κ2) is 12.0. The number of furan rings is 1. The van der Waals surface area contributed by atoms with Crippen molar-refractivity contribution in [2.75, 3.05) is 0 Å². The van der Waals surface area contributed by atoms with E-state index in [0.717, 1.165) is 5.56 Å². The number of nitro groups is 1. The Morgan fingerprint density at radius 2 is 1.63 bits per heavy atom. The number of nitro benzene ring substituents is 1. The molecule has 11 heteroatoms. The molecule has 2 N–H and O–H groups in total. The first-order valence-corrected chi connectivity index (χ1v) is 11.8. The number of amides is 2. The summed E-state index contributed by atoms with van der Waals surface area (Å²) < 4.78 is 5.72. The van der Waals surface area contributed by atoms with E-state index in [-0.39, 0.29) is 22.0 Å². The van der Waals surface area contributed by atoms with Gasteiger partial charge in [-0.2, -0.15) is 5.10 Å².